The molecule has 1 atom stereocenters. The summed E-state index contributed by atoms with van der Waals surface area (Å²) in [5.74, 6) is 0.741. The van der Waals surface area contributed by atoms with Gasteiger partial charge in [-0.25, -0.2) is 0 Å². The van der Waals surface area contributed by atoms with Crippen molar-refractivity contribution in [2.45, 2.75) is 39.2 Å². The Bertz CT molecular complexity index is 242. The minimum atomic E-state index is 0.147. The van der Waals surface area contributed by atoms with Gasteiger partial charge in [-0.15, -0.1) is 0 Å². The third-order valence-electron chi connectivity index (χ3n) is 2.85. The van der Waals surface area contributed by atoms with Gasteiger partial charge < -0.3 is 5.73 Å². The zero-order chi connectivity index (χ0) is 10.4. The second kappa shape index (κ2) is 5.76. The van der Waals surface area contributed by atoms with Gasteiger partial charge in [-0.2, -0.15) is 0 Å². The molecule has 1 aromatic rings. The summed E-state index contributed by atoms with van der Waals surface area (Å²) in [6.07, 6.45) is 7.15. The van der Waals surface area contributed by atoms with Crippen molar-refractivity contribution < 1.29 is 0 Å². The lowest BCUT2D eigenvalue weighted by Crippen LogP contribution is -2.15. The highest BCUT2D eigenvalue weighted by Crippen LogP contribution is 2.22. The lowest BCUT2D eigenvalue weighted by atomic mass is 9.92. The molecule has 0 aliphatic carbocycles. The molecule has 1 aromatic heterocycles. The van der Waals surface area contributed by atoms with Crippen molar-refractivity contribution in [2.24, 2.45) is 11.7 Å². The van der Waals surface area contributed by atoms with E-state index in [4.69, 9.17) is 5.73 Å². The minimum absolute atomic E-state index is 0.147. The summed E-state index contributed by atoms with van der Waals surface area (Å²) in [5, 5.41) is 0. The largest absolute Gasteiger partial charge is 0.324 e. The fourth-order valence-corrected chi connectivity index (χ4v) is 1.71. The van der Waals surface area contributed by atoms with E-state index < -0.39 is 0 Å². The number of pyridine rings is 1. The molecule has 0 aliphatic rings. The Morgan fingerprint density at radius 3 is 2.57 bits per heavy atom. The molecule has 2 nitrogen and oxygen atoms in total. The first kappa shape index (κ1) is 11.2. The van der Waals surface area contributed by atoms with Crippen molar-refractivity contribution in [1.29, 1.82) is 0 Å². The molecule has 14 heavy (non-hydrogen) atoms. The van der Waals surface area contributed by atoms with Crippen molar-refractivity contribution in [3.8, 4) is 0 Å². The van der Waals surface area contributed by atoms with Crippen LogP contribution >= 0.6 is 0 Å². The molecule has 0 saturated carbocycles. The Morgan fingerprint density at radius 1 is 1.36 bits per heavy atom. The smallest absolute Gasteiger partial charge is 0.0315 e. The number of aromatic nitrogens is 1. The third kappa shape index (κ3) is 3.11. The normalized spacial score (nSPS) is 13.1. The minimum Gasteiger partial charge on any atom is -0.324 e. The molecule has 0 aliphatic heterocycles. The summed E-state index contributed by atoms with van der Waals surface area (Å²) in [7, 11) is 0. The van der Waals surface area contributed by atoms with Gasteiger partial charge in [0.15, 0.2) is 0 Å². The van der Waals surface area contributed by atoms with E-state index in [1.54, 1.807) is 6.20 Å². The maximum Gasteiger partial charge on any atom is 0.0315 e. The molecule has 1 unspecified atom stereocenters. The first-order valence-corrected chi connectivity index (χ1v) is 5.43. The SMILES string of the molecule is CCC(CC)CC(N)c1cccnc1. The molecule has 78 valence electrons. The van der Waals surface area contributed by atoms with Crippen LogP contribution in [0.2, 0.25) is 0 Å². The average molecular weight is 192 g/mol. The van der Waals surface area contributed by atoms with Crippen LogP contribution in [0.5, 0.6) is 0 Å². The quantitative estimate of drug-likeness (QED) is 0.779. The van der Waals surface area contributed by atoms with Crippen molar-refractivity contribution in [1.82, 2.24) is 4.98 Å². The predicted molar refractivity (Wildman–Crippen MR) is 59.9 cm³/mol. The Balaban J connectivity index is 2.54. The Hall–Kier alpha value is -0.890. The van der Waals surface area contributed by atoms with E-state index in [1.807, 2.05) is 12.3 Å². The molecule has 1 heterocycles. The highest BCUT2D eigenvalue weighted by atomic mass is 14.7. The van der Waals surface area contributed by atoms with Crippen LogP contribution in [-0.4, -0.2) is 4.98 Å². The van der Waals surface area contributed by atoms with E-state index in [2.05, 4.69) is 24.9 Å². The predicted octanol–water partition coefficient (Wildman–Crippen LogP) is 2.91. The third-order valence-corrected chi connectivity index (χ3v) is 2.85. The van der Waals surface area contributed by atoms with Gasteiger partial charge in [-0.05, 0) is 24.0 Å². The first-order chi connectivity index (χ1) is 6.77. The van der Waals surface area contributed by atoms with Gasteiger partial charge in [0.05, 0.1) is 0 Å². The summed E-state index contributed by atoms with van der Waals surface area (Å²) in [5.41, 5.74) is 7.26. The summed E-state index contributed by atoms with van der Waals surface area (Å²) in [4.78, 5) is 4.08. The second-order valence-electron chi connectivity index (χ2n) is 3.81. The fraction of sp³-hybridized carbons (Fsp3) is 0.583. The molecule has 0 aromatic carbocycles. The molecule has 0 saturated heterocycles. The first-order valence-electron chi connectivity index (χ1n) is 5.43. The molecule has 0 bridgehead atoms. The fourth-order valence-electron chi connectivity index (χ4n) is 1.71. The van der Waals surface area contributed by atoms with Crippen LogP contribution < -0.4 is 5.73 Å². The van der Waals surface area contributed by atoms with Gasteiger partial charge in [0.25, 0.3) is 0 Å². The number of hydrogen-bond acceptors (Lipinski definition) is 2. The van der Waals surface area contributed by atoms with Gasteiger partial charge in [0.2, 0.25) is 0 Å². The average Bonchev–Trinajstić information content (AvgIpc) is 2.26. The van der Waals surface area contributed by atoms with Crippen LogP contribution in [0.1, 0.15) is 44.7 Å². The Morgan fingerprint density at radius 2 is 2.07 bits per heavy atom. The highest BCUT2D eigenvalue weighted by Gasteiger charge is 2.11. The van der Waals surface area contributed by atoms with Crippen LogP contribution in [0.4, 0.5) is 0 Å². The molecular formula is C12H20N2. The molecule has 0 fully saturated rings. The van der Waals surface area contributed by atoms with Gasteiger partial charge in [-0.1, -0.05) is 32.8 Å². The van der Waals surface area contributed by atoms with Crippen LogP contribution in [0, 0.1) is 5.92 Å². The topological polar surface area (TPSA) is 38.9 Å². The van der Waals surface area contributed by atoms with Crippen molar-refractivity contribution in [3.63, 3.8) is 0 Å². The maximum atomic E-state index is 6.11. The molecule has 0 radical (unpaired) electrons. The summed E-state index contributed by atoms with van der Waals surface area (Å²) < 4.78 is 0. The monoisotopic (exact) mass is 192 g/mol. The summed E-state index contributed by atoms with van der Waals surface area (Å²) in [6.45, 7) is 4.45. The highest BCUT2D eigenvalue weighted by molar-refractivity contribution is 5.13. The number of hydrogen-bond donors (Lipinski definition) is 1. The van der Waals surface area contributed by atoms with E-state index >= 15 is 0 Å². The van der Waals surface area contributed by atoms with Crippen LogP contribution in [0.15, 0.2) is 24.5 Å². The molecular weight excluding hydrogens is 172 g/mol. The lowest BCUT2D eigenvalue weighted by Gasteiger charge is -2.18. The van der Waals surface area contributed by atoms with Gasteiger partial charge >= 0.3 is 0 Å². The molecule has 2 heteroatoms. The molecule has 1 rings (SSSR count). The second-order valence-corrected chi connectivity index (χ2v) is 3.81. The summed E-state index contributed by atoms with van der Waals surface area (Å²) >= 11 is 0. The van der Waals surface area contributed by atoms with Gasteiger partial charge in [-0.3, -0.25) is 4.98 Å². The van der Waals surface area contributed by atoms with Crippen molar-refractivity contribution in [3.05, 3.63) is 30.1 Å². The summed E-state index contributed by atoms with van der Waals surface area (Å²) in [6, 6.07) is 4.15. The maximum absolute atomic E-state index is 6.11. The zero-order valence-electron chi connectivity index (χ0n) is 9.11. The Kier molecular flexibility index (Phi) is 4.60. The molecule has 0 spiro atoms. The number of rotatable bonds is 5. The van der Waals surface area contributed by atoms with E-state index in [-0.39, 0.29) is 6.04 Å². The van der Waals surface area contributed by atoms with Gasteiger partial charge in [0.1, 0.15) is 0 Å². The molecule has 0 amide bonds. The zero-order valence-corrected chi connectivity index (χ0v) is 9.11. The Labute approximate surface area is 86.5 Å². The van der Waals surface area contributed by atoms with E-state index in [0.717, 1.165) is 17.9 Å². The molecule has 2 N–H and O–H groups in total. The van der Waals surface area contributed by atoms with E-state index in [0.29, 0.717) is 0 Å². The van der Waals surface area contributed by atoms with Crippen LogP contribution in [-0.2, 0) is 0 Å². The van der Waals surface area contributed by atoms with Crippen LogP contribution in [0.3, 0.4) is 0 Å². The standard InChI is InChI=1S/C12H20N2/c1-3-10(4-2)8-12(13)11-6-5-7-14-9-11/h5-7,9-10,12H,3-4,8,13H2,1-2H3. The van der Waals surface area contributed by atoms with E-state index in [1.165, 1.54) is 12.8 Å². The number of nitrogens with two attached hydrogens (primary N) is 1. The number of nitrogens with zero attached hydrogens (tertiary/aromatic N) is 1. The van der Waals surface area contributed by atoms with Crippen LogP contribution in [0.25, 0.3) is 0 Å². The van der Waals surface area contributed by atoms with Gasteiger partial charge in [0, 0.05) is 18.4 Å². The van der Waals surface area contributed by atoms with E-state index in [9.17, 15) is 0 Å². The lowest BCUT2D eigenvalue weighted by molar-refractivity contribution is 0.414. The van der Waals surface area contributed by atoms with Crippen molar-refractivity contribution in [2.75, 3.05) is 0 Å². The van der Waals surface area contributed by atoms with Crippen molar-refractivity contribution >= 4 is 0 Å².